The number of nitrogens with zero attached hydrogens (tertiary/aromatic N) is 1. The fourth-order valence-electron chi connectivity index (χ4n) is 2.45. The molecule has 2 aromatic rings. The summed E-state index contributed by atoms with van der Waals surface area (Å²) in [5, 5.41) is 12.0. The lowest BCUT2D eigenvalue weighted by Crippen LogP contribution is -2.17. The van der Waals surface area contributed by atoms with Crippen LogP contribution in [-0.4, -0.2) is 20.3 Å². The number of nitriles is 1. The Bertz CT molecular complexity index is 665. The fraction of sp³-hybridized carbons (Fsp3) is 0.350. The number of rotatable bonds is 10. The summed E-state index contributed by atoms with van der Waals surface area (Å²) in [6.07, 6.45) is 2.22. The monoisotopic (exact) mass is 324 g/mol. The van der Waals surface area contributed by atoms with E-state index in [1.807, 2.05) is 36.4 Å². The minimum Gasteiger partial charge on any atom is -0.496 e. The summed E-state index contributed by atoms with van der Waals surface area (Å²) < 4.78 is 11.0. The van der Waals surface area contributed by atoms with Gasteiger partial charge in [-0.25, -0.2) is 0 Å². The maximum absolute atomic E-state index is 8.52. The van der Waals surface area contributed by atoms with E-state index in [1.165, 1.54) is 11.1 Å². The van der Waals surface area contributed by atoms with Crippen LogP contribution in [0.15, 0.2) is 48.5 Å². The minimum absolute atomic E-state index is 0.532. The van der Waals surface area contributed by atoms with Crippen molar-refractivity contribution in [2.75, 3.05) is 20.3 Å². The van der Waals surface area contributed by atoms with Crippen LogP contribution in [0.4, 0.5) is 0 Å². The van der Waals surface area contributed by atoms with E-state index in [-0.39, 0.29) is 0 Å². The zero-order valence-electron chi connectivity index (χ0n) is 14.1. The average Bonchev–Trinajstić information content (AvgIpc) is 2.63. The van der Waals surface area contributed by atoms with Crippen LogP contribution in [0.3, 0.4) is 0 Å². The van der Waals surface area contributed by atoms with Crippen LogP contribution in [0.5, 0.6) is 11.5 Å². The van der Waals surface area contributed by atoms with Gasteiger partial charge in [-0.2, -0.15) is 5.26 Å². The lowest BCUT2D eigenvalue weighted by atomic mass is 10.1. The van der Waals surface area contributed by atoms with Gasteiger partial charge in [0.2, 0.25) is 0 Å². The molecule has 4 nitrogen and oxygen atoms in total. The first-order chi connectivity index (χ1) is 11.8. The van der Waals surface area contributed by atoms with Crippen molar-refractivity contribution in [1.29, 1.82) is 5.26 Å². The van der Waals surface area contributed by atoms with Crippen LogP contribution in [0.25, 0.3) is 0 Å². The van der Waals surface area contributed by atoms with Crippen LogP contribution >= 0.6 is 0 Å². The molecule has 0 radical (unpaired) electrons. The molecular weight excluding hydrogens is 300 g/mol. The number of para-hydroxylation sites is 1. The summed E-state index contributed by atoms with van der Waals surface area (Å²) in [7, 11) is 1.70. The first-order valence-corrected chi connectivity index (χ1v) is 8.25. The molecule has 2 aromatic carbocycles. The van der Waals surface area contributed by atoms with Gasteiger partial charge in [0.15, 0.2) is 0 Å². The first-order valence-electron chi connectivity index (χ1n) is 8.25. The lowest BCUT2D eigenvalue weighted by molar-refractivity contribution is 0.312. The summed E-state index contributed by atoms with van der Waals surface area (Å²) >= 11 is 0. The average molecular weight is 324 g/mol. The Hall–Kier alpha value is -2.51. The molecule has 1 N–H and O–H groups in total. The van der Waals surface area contributed by atoms with Gasteiger partial charge in [0.1, 0.15) is 11.5 Å². The van der Waals surface area contributed by atoms with Crippen LogP contribution < -0.4 is 14.8 Å². The number of hydrogen-bond donors (Lipinski definition) is 1. The van der Waals surface area contributed by atoms with Crippen molar-refractivity contribution >= 4 is 0 Å². The van der Waals surface area contributed by atoms with E-state index < -0.39 is 0 Å². The summed E-state index contributed by atoms with van der Waals surface area (Å²) in [6.45, 7) is 2.26. The number of benzene rings is 2. The Morgan fingerprint density at radius 2 is 2.00 bits per heavy atom. The van der Waals surface area contributed by atoms with E-state index in [1.54, 1.807) is 7.11 Å². The molecule has 0 bridgehead atoms. The lowest BCUT2D eigenvalue weighted by Gasteiger charge is -2.10. The molecule has 0 aliphatic carbocycles. The molecule has 0 aromatic heterocycles. The van der Waals surface area contributed by atoms with Crippen molar-refractivity contribution < 1.29 is 9.47 Å². The summed E-state index contributed by atoms with van der Waals surface area (Å²) in [6, 6.07) is 18.3. The fourth-order valence-corrected chi connectivity index (χ4v) is 2.45. The Morgan fingerprint density at radius 3 is 2.83 bits per heavy atom. The number of hydrogen-bond acceptors (Lipinski definition) is 4. The molecule has 0 fully saturated rings. The molecule has 0 heterocycles. The molecule has 126 valence electrons. The van der Waals surface area contributed by atoms with Gasteiger partial charge in [0, 0.05) is 13.0 Å². The van der Waals surface area contributed by atoms with Gasteiger partial charge in [0.25, 0.3) is 0 Å². The van der Waals surface area contributed by atoms with Crippen molar-refractivity contribution in [3.63, 3.8) is 0 Å². The SMILES string of the molecule is COc1ccccc1CCNCc1cccc(OCCCC#N)c1. The van der Waals surface area contributed by atoms with E-state index in [2.05, 4.69) is 23.5 Å². The third-order valence-electron chi connectivity index (χ3n) is 3.69. The standard InChI is InChI=1S/C20H24N2O2/c1-23-20-10-3-2-8-18(20)11-13-22-16-17-7-6-9-19(15-17)24-14-5-4-12-21/h2-3,6-10,15,22H,4-5,11,13-14,16H2,1H3. The van der Waals surface area contributed by atoms with Crippen LogP contribution in [0, 0.1) is 11.3 Å². The molecule has 0 aliphatic heterocycles. The van der Waals surface area contributed by atoms with E-state index in [0.717, 1.165) is 37.4 Å². The third-order valence-corrected chi connectivity index (χ3v) is 3.69. The van der Waals surface area contributed by atoms with Gasteiger partial charge < -0.3 is 14.8 Å². The second kappa shape index (κ2) is 10.3. The molecular formula is C20H24N2O2. The number of nitrogens with one attached hydrogen (secondary N) is 1. The highest BCUT2D eigenvalue weighted by atomic mass is 16.5. The Labute approximate surface area is 144 Å². The topological polar surface area (TPSA) is 54.3 Å². The summed E-state index contributed by atoms with van der Waals surface area (Å²) in [4.78, 5) is 0. The number of methoxy groups -OCH3 is 1. The number of unbranched alkanes of at least 4 members (excludes halogenated alkanes) is 1. The molecule has 0 unspecified atom stereocenters. The summed E-state index contributed by atoms with van der Waals surface area (Å²) in [5.41, 5.74) is 2.40. The van der Waals surface area contributed by atoms with E-state index in [9.17, 15) is 0 Å². The quantitative estimate of drug-likeness (QED) is 0.677. The highest BCUT2D eigenvalue weighted by molar-refractivity contribution is 5.33. The molecule has 0 atom stereocenters. The third kappa shape index (κ3) is 5.94. The van der Waals surface area contributed by atoms with E-state index >= 15 is 0 Å². The van der Waals surface area contributed by atoms with Crippen molar-refractivity contribution in [3.05, 3.63) is 59.7 Å². The molecule has 0 saturated heterocycles. The highest BCUT2D eigenvalue weighted by Gasteiger charge is 2.01. The molecule has 2 rings (SSSR count). The zero-order chi connectivity index (χ0) is 17.0. The van der Waals surface area contributed by atoms with Gasteiger partial charge in [-0.3, -0.25) is 0 Å². The van der Waals surface area contributed by atoms with E-state index in [4.69, 9.17) is 14.7 Å². The number of ether oxygens (including phenoxy) is 2. The smallest absolute Gasteiger partial charge is 0.122 e. The minimum atomic E-state index is 0.532. The highest BCUT2D eigenvalue weighted by Crippen LogP contribution is 2.17. The van der Waals surface area contributed by atoms with Crippen molar-refractivity contribution in [2.24, 2.45) is 0 Å². The molecule has 4 heteroatoms. The molecule has 0 spiro atoms. The maximum atomic E-state index is 8.52. The zero-order valence-corrected chi connectivity index (χ0v) is 14.1. The second-order valence-electron chi connectivity index (χ2n) is 5.50. The Morgan fingerprint density at radius 1 is 1.12 bits per heavy atom. The van der Waals surface area contributed by atoms with Crippen LogP contribution in [0.2, 0.25) is 0 Å². The largest absolute Gasteiger partial charge is 0.496 e. The van der Waals surface area contributed by atoms with Crippen molar-refractivity contribution in [3.8, 4) is 17.6 Å². The summed E-state index contributed by atoms with van der Waals surface area (Å²) in [5.74, 6) is 1.80. The van der Waals surface area contributed by atoms with Crippen LogP contribution in [0.1, 0.15) is 24.0 Å². The second-order valence-corrected chi connectivity index (χ2v) is 5.50. The first kappa shape index (κ1) is 17.8. The maximum Gasteiger partial charge on any atom is 0.122 e. The van der Waals surface area contributed by atoms with Crippen molar-refractivity contribution in [2.45, 2.75) is 25.8 Å². The predicted molar refractivity (Wildman–Crippen MR) is 95.2 cm³/mol. The van der Waals surface area contributed by atoms with Gasteiger partial charge in [-0.05, 0) is 48.7 Å². The van der Waals surface area contributed by atoms with Gasteiger partial charge in [0.05, 0.1) is 19.8 Å². The Balaban J connectivity index is 1.75. The van der Waals surface area contributed by atoms with E-state index in [0.29, 0.717) is 13.0 Å². The predicted octanol–water partition coefficient (Wildman–Crippen LogP) is 3.71. The normalized spacial score (nSPS) is 10.2. The Kier molecular flexibility index (Phi) is 7.66. The van der Waals surface area contributed by atoms with Crippen LogP contribution in [-0.2, 0) is 13.0 Å². The van der Waals surface area contributed by atoms with Crippen molar-refractivity contribution in [1.82, 2.24) is 5.32 Å². The van der Waals surface area contributed by atoms with Gasteiger partial charge >= 0.3 is 0 Å². The molecule has 0 amide bonds. The van der Waals surface area contributed by atoms with Gasteiger partial charge in [-0.15, -0.1) is 0 Å². The molecule has 24 heavy (non-hydrogen) atoms. The molecule has 0 aliphatic rings. The molecule has 0 saturated carbocycles. The van der Waals surface area contributed by atoms with Gasteiger partial charge in [-0.1, -0.05) is 30.3 Å².